The molecule has 1 aliphatic rings. The molecule has 1 aromatic rings. The molecule has 1 heterocycles. The Bertz CT molecular complexity index is 433. The van der Waals surface area contributed by atoms with E-state index in [1.807, 2.05) is 0 Å². The second-order valence-electron chi connectivity index (χ2n) is 3.92. The van der Waals surface area contributed by atoms with Gasteiger partial charge < -0.3 is 20.1 Å². The summed E-state index contributed by atoms with van der Waals surface area (Å²) >= 11 is 0. The van der Waals surface area contributed by atoms with Crippen LogP contribution in [-0.2, 0) is 9.53 Å². The molecule has 1 aromatic carbocycles. The molecule has 1 amide bonds. The van der Waals surface area contributed by atoms with Gasteiger partial charge in [-0.3, -0.25) is 4.79 Å². The number of halogens is 1. The molecule has 2 rings (SSSR count). The molecule has 0 aliphatic carbocycles. The molecule has 0 bridgehead atoms. The SMILES string of the molecule is COc1ccc(F)c(NC(=O)C2COCCN2)c1. The van der Waals surface area contributed by atoms with Crippen molar-refractivity contribution in [3.8, 4) is 5.75 Å². The quantitative estimate of drug-likeness (QED) is 0.836. The molecule has 5 nitrogen and oxygen atoms in total. The Labute approximate surface area is 104 Å². The van der Waals surface area contributed by atoms with E-state index in [9.17, 15) is 9.18 Å². The van der Waals surface area contributed by atoms with Crippen molar-refractivity contribution in [2.45, 2.75) is 6.04 Å². The van der Waals surface area contributed by atoms with Gasteiger partial charge >= 0.3 is 0 Å². The Morgan fingerprint density at radius 2 is 2.44 bits per heavy atom. The van der Waals surface area contributed by atoms with E-state index in [2.05, 4.69) is 10.6 Å². The molecule has 2 N–H and O–H groups in total. The number of nitrogens with one attached hydrogen (secondary N) is 2. The van der Waals surface area contributed by atoms with Crippen LogP contribution < -0.4 is 15.4 Å². The maximum Gasteiger partial charge on any atom is 0.243 e. The highest BCUT2D eigenvalue weighted by Crippen LogP contribution is 2.21. The highest BCUT2D eigenvalue weighted by atomic mass is 19.1. The summed E-state index contributed by atoms with van der Waals surface area (Å²) in [5.41, 5.74) is 0.103. The molecular formula is C12H15FN2O3. The van der Waals surface area contributed by atoms with Crippen molar-refractivity contribution in [3.05, 3.63) is 24.0 Å². The Morgan fingerprint density at radius 1 is 1.61 bits per heavy atom. The Hall–Kier alpha value is -1.66. The molecule has 1 fully saturated rings. The van der Waals surface area contributed by atoms with Crippen molar-refractivity contribution in [2.24, 2.45) is 0 Å². The van der Waals surface area contributed by atoms with E-state index in [0.29, 0.717) is 18.9 Å². The number of ether oxygens (including phenoxy) is 2. The van der Waals surface area contributed by atoms with Gasteiger partial charge in [-0.05, 0) is 12.1 Å². The van der Waals surface area contributed by atoms with Gasteiger partial charge in [-0.1, -0.05) is 0 Å². The van der Waals surface area contributed by atoms with Crippen molar-refractivity contribution < 1.29 is 18.7 Å². The Balaban J connectivity index is 2.05. The van der Waals surface area contributed by atoms with Crippen molar-refractivity contribution in [3.63, 3.8) is 0 Å². The van der Waals surface area contributed by atoms with Crippen LogP contribution in [0.3, 0.4) is 0 Å². The van der Waals surface area contributed by atoms with Crippen LogP contribution in [0.2, 0.25) is 0 Å². The second kappa shape index (κ2) is 5.79. The number of benzene rings is 1. The third-order valence-corrected chi connectivity index (χ3v) is 2.67. The summed E-state index contributed by atoms with van der Waals surface area (Å²) < 4.78 is 23.7. The van der Waals surface area contributed by atoms with E-state index in [-0.39, 0.29) is 18.2 Å². The molecule has 0 saturated carbocycles. The number of carbonyl (C=O) groups excluding carboxylic acids is 1. The van der Waals surface area contributed by atoms with Crippen molar-refractivity contribution in [1.29, 1.82) is 0 Å². The van der Waals surface area contributed by atoms with E-state index in [1.165, 1.54) is 25.3 Å². The first-order valence-corrected chi connectivity index (χ1v) is 5.66. The lowest BCUT2D eigenvalue weighted by Crippen LogP contribution is -2.48. The van der Waals surface area contributed by atoms with Crippen molar-refractivity contribution in [2.75, 3.05) is 32.2 Å². The summed E-state index contributed by atoms with van der Waals surface area (Å²) in [6, 6.07) is 3.73. The molecule has 0 radical (unpaired) electrons. The third-order valence-electron chi connectivity index (χ3n) is 2.67. The average molecular weight is 254 g/mol. The van der Waals surface area contributed by atoms with Gasteiger partial charge in [0.25, 0.3) is 0 Å². The second-order valence-corrected chi connectivity index (χ2v) is 3.92. The number of methoxy groups -OCH3 is 1. The average Bonchev–Trinajstić information content (AvgIpc) is 2.42. The topological polar surface area (TPSA) is 59.6 Å². The Morgan fingerprint density at radius 3 is 3.11 bits per heavy atom. The lowest BCUT2D eigenvalue weighted by Gasteiger charge is -2.23. The molecule has 6 heteroatoms. The molecule has 18 heavy (non-hydrogen) atoms. The fraction of sp³-hybridized carbons (Fsp3) is 0.417. The van der Waals surface area contributed by atoms with Crippen LogP contribution in [0.15, 0.2) is 18.2 Å². The summed E-state index contributed by atoms with van der Waals surface area (Å²) in [5, 5.41) is 5.51. The zero-order valence-corrected chi connectivity index (χ0v) is 10.0. The summed E-state index contributed by atoms with van der Waals surface area (Å²) in [6.45, 7) is 1.48. The van der Waals surface area contributed by atoms with Crippen molar-refractivity contribution >= 4 is 11.6 Å². The number of morpholine rings is 1. The lowest BCUT2D eigenvalue weighted by atomic mass is 10.2. The number of amides is 1. The molecule has 0 aromatic heterocycles. The van der Waals surface area contributed by atoms with Crippen LogP contribution in [-0.4, -0.2) is 38.8 Å². The maximum atomic E-state index is 13.5. The minimum atomic E-state index is -0.499. The van der Waals surface area contributed by atoms with E-state index in [4.69, 9.17) is 9.47 Å². The van der Waals surface area contributed by atoms with E-state index < -0.39 is 11.9 Å². The molecule has 1 saturated heterocycles. The number of anilines is 1. The van der Waals surface area contributed by atoms with Gasteiger partial charge in [-0.25, -0.2) is 4.39 Å². The summed E-state index contributed by atoms with van der Waals surface area (Å²) in [7, 11) is 1.48. The predicted molar refractivity (Wildman–Crippen MR) is 64.2 cm³/mol. The van der Waals surface area contributed by atoms with Gasteiger partial charge in [0, 0.05) is 12.6 Å². The van der Waals surface area contributed by atoms with Crippen LogP contribution in [0.5, 0.6) is 5.75 Å². The van der Waals surface area contributed by atoms with Crippen LogP contribution in [0, 0.1) is 5.82 Å². The van der Waals surface area contributed by atoms with Crippen molar-refractivity contribution in [1.82, 2.24) is 5.32 Å². The largest absolute Gasteiger partial charge is 0.497 e. The minimum absolute atomic E-state index is 0.103. The standard InChI is InChI=1S/C12H15FN2O3/c1-17-8-2-3-9(13)10(6-8)15-12(16)11-7-18-5-4-14-11/h2-3,6,11,14H,4-5,7H2,1H3,(H,15,16). The third kappa shape index (κ3) is 2.96. The number of hydrogen-bond donors (Lipinski definition) is 2. The first-order valence-electron chi connectivity index (χ1n) is 5.66. The molecule has 98 valence electrons. The molecule has 1 aliphatic heterocycles. The predicted octanol–water partition coefficient (Wildman–Crippen LogP) is 0.761. The lowest BCUT2D eigenvalue weighted by molar-refractivity contribution is -0.120. The van der Waals surface area contributed by atoms with Crippen LogP contribution in [0.4, 0.5) is 10.1 Å². The molecular weight excluding hydrogens is 239 g/mol. The number of rotatable bonds is 3. The van der Waals surface area contributed by atoms with E-state index >= 15 is 0 Å². The molecule has 1 unspecified atom stereocenters. The first-order chi connectivity index (χ1) is 8.70. The van der Waals surface area contributed by atoms with Crippen LogP contribution in [0.25, 0.3) is 0 Å². The molecule has 0 spiro atoms. The van der Waals surface area contributed by atoms with Gasteiger partial charge in [0.15, 0.2) is 0 Å². The Kier molecular flexibility index (Phi) is 4.11. The van der Waals surface area contributed by atoms with E-state index in [0.717, 1.165) is 0 Å². The van der Waals surface area contributed by atoms with Gasteiger partial charge in [0.1, 0.15) is 17.6 Å². The van der Waals surface area contributed by atoms with Gasteiger partial charge in [-0.2, -0.15) is 0 Å². The van der Waals surface area contributed by atoms with Gasteiger partial charge in [0.2, 0.25) is 5.91 Å². The highest BCUT2D eigenvalue weighted by Gasteiger charge is 2.22. The maximum absolute atomic E-state index is 13.5. The fourth-order valence-electron chi connectivity index (χ4n) is 1.68. The summed E-state index contributed by atoms with van der Waals surface area (Å²) in [4.78, 5) is 11.9. The molecule has 1 atom stereocenters. The number of hydrogen-bond acceptors (Lipinski definition) is 4. The summed E-state index contributed by atoms with van der Waals surface area (Å²) in [5.74, 6) is -0.331. The zero-order chi connectivity index (χ0) is 13.0. The smallest absolute Gasteiger partial charge is 0.243 e. The minimum Gasteiger partial charge on any atom is -0.497 e. The van der Waals surface area contributed by atoms with Gasteiger partial charge in [-0.15, -0.1) is 0 Å². The van der Waals surface area contributed by atoms with E-state index in [1.54, 1.807) is 0 Å². The fourth-order valence-corrected chi connectivity index (χ4v) is 1.68. The first kappa shape index (κ1) is 12.8. The van der Waals surface area contributed by atoms with Crippen LogP contribution in [0.1, 0.15) is 0 Å². The highest BCUT2D eigenvalue weighted by molar-refractivity contribution is 5.95. The summed E-state index contributed by atoms with van der Waals surface area (Å²) in [6.07, 6.45) is 0. The van der Waals surface area contributed by atoms with Gasteiger partial charge in [0.05, 0.1) is 26.0 Å². The number of carbonyl (C=O) groups is 1. The monoisotopic (exact) mass is 254 g/mol. The van der Waals surface area contributed by atoms with Crippen LogP contribution >= 0.6 is 0 Å². The normalized spacial score (nSPS) is 19.3. The zero-order valence-electron chi connectivity index (χ0n) is 10.0.